The molecule has 0 amide bonds. The number of aliphatic imine (C=N–C) groups is 2. The van der Waals surface area contributed by atoms with Crippen LogP contribution in [0.25, 0.3) is 11.5 Å². The van der Waals surface area contributed by atoms with Gasteiger partial charge < -0.3 is 42.7 Å². The zero-order valence-electron chi connectivity index (χ0n) is 11.3. The van der Waals surface area contributed by atoms with E-state index in [0.717, 1.165) is 0 Å². The Balaban J connectivity index is -0.000000256. The van der Waals surface area contributed by atoms with Crippen molar-refractivity contribution in [1.29, 1.82) is 10.8 Å². The first-order valence-electron chi connectivity index (χ1n) is 4.71. The van der Waals surface area contributed by atoms with E-state index in [9.17, 15) is 0 Å². The minimum Gasteiger partial charge on any atom is -0.432 e. The molecule has 10 nitrogen and oxygen atoms in total. The molecule has 0 heterocycles. The van der Waals surface area contributed by atoms with Crippen molar-refractivity contribution in [1.82, 2.24) is 9.80 Å². The average molecular weight is 315 g/mol. The van der Waals surface area contributed by atoms with Crippen molar-refractivity contribution >= 4 is 23.8 Å². The van der Waals surface area contributed by atoms with Crippen LogP contribution >= 0.6 is 0 Å². The molecule has 112 valence electrons. The number of nitrogens with one attached hydrogen (secondary N) is 4. The van der Waals surface area contributed by atoms with Gasteiger partial charge in [0.25, 0.3) is 0 Å². The van der Waals surface area contributed by atoms with Crippen molar-refractivity contribution in [3.05, 3.63) is 11.5 Å². The summed E-state index contributed by atoms with van der Waals surface area (Å²) in [7, 11) is 6.65. The zero-order valence-corrected chi connectivity index (χ0v) is 12.2. The standard InChI is InChI=1S/2C4H10N5.Ni/c2*1-9(2)4(7)8-3(5)6;/h2*1-2H3,(H4-,5,6,7,8);/q2*-1;+2. The summed E-state index contributed by atoms with van der Waals surface area (Å²) < 4.78 is 0. The number of nitrogens with zero attached hydrogens (tertiary/aromatic N) is 4. The van der Waals surface area contributed by atoms with Crippen LogP contribution in [-0.4, -0.2) is 61.8 Å². The predicted octanol–water partition coefficient (Wildman–Crippen LogP) is -0.303. The van der Waals surface area contributed by atoms with Gasteiger partial charge in [0.05, 0.1) is 0 Å². The van der Waals surface area contributed by atoms with Gasteiger partial charge in [-0.05, 0) is 28.2 Å². The van der Waals surface area contributed by atoms with Crippen molar-refractivity contribution in [2.75, 3.05) is 28.2 Å². The minimum atomic E-state index is -0.339. The number of hydrogen-bond acceptors (Lipinski definition) is 2. The van der Waals surface area contributed by atoms with Crippen LogP contribution in [0.5, 0.6) is 0 Å². The SMILES string of the molecule is CN(C)/C([NH-])=N/C(=N)N.CN(C)/C([NH-])=N/C(=N)N.[Ni+2]. The Morgan fingerprint density at radius 1 is 0.842 bits per heavy atom. The molecule has 0 aromatic carbocycles. The van der Waals surface area contributed by atoms with Gasteiger partial charge in [0.2, 0.25) is 0 Å². The Kier molecular flexibility index (Phi) is 12.9. The first kappa shape index (κ1) is 22.2. The fraction of sp³-hybridized carbons (Fsp3) is 0.500. The molecule has 0 spiro atoms. The van der Waals surface area contributed by atoms with E-state index in [1.165, 1.54) is 9.80 Å². The summed E-state index contributed by atoms with van der Waals surface area (Å²) in [6.45, 7) is 0. The van der Waals surface area contributed by atoms with Crippen LogP contribution in [0.1, 0.15) is 0 Å². The molecular formula is C8H20N10Ni. The summed E-state index contributed by atoms with van der Waals surface area (Å²) in [6.07, 6.45) is 0. The first-order chi connectivity index (χ1) is 8.07. The second-order valence-corrected chi connectivity index (χ2v) is 3.43. The van der Waals surface area contributed by atoms with Crippen LogP contribution in [0.4, 0.5) is 0 Å². The van der Waals surface area contributed by atoms with Crippen molar-refractivity contribution in [3.8, 4) is 0 Å². The monoisotopic (exact) mass is 314 g/mol. The maximum Gasteiger partial charge on any atom is 2.00 e. The third-order valence-corrected chi connectivity index (χ3v) is 1.30. The topological polar surface area (TPSA) is 179 Å². The van der Waals surface area contributed by atoms with Crippen molar-refractivity contribution in [2.45, 2.75) is 0 Å². The molecule has 0 aliphatic carbocycles. The molecular weight excluding hydrogens is 295 g/mol. The van der Waals surface area contributed by atoms with E-state index >= 15 is 0 Å². The molecule has 0 aliphatic rings. The largest absolute Gasteiger partial charge is 2.00 e. The molecule has 0 saturated carbocycles. The smallest absolute Gasteiger partial charge is 0.432 e. The van der Waals surface area contributed by atoms with E-state index in [2.05, 4.69) is 9.98 Å². The Bertz CT molecular complexity index is 311. The fourth-order valence-corrected chi connectivity index (χ4v) is 0.428. The third-order valence-electron chi connectivity index (χ3n) is 1.30. The minimum absolute atomic E-state index is 0. The van der Waals surface area contributed by atoms with Gasteiger partial charge in [0.15, 0.2) is 0 Å². The van der Waals surface area contributed by atoms with Crippen LogP contribution in [0, 0.1) is 10.8 Å². The van der Waals surface area contributed by atoms with Gasteiger partial charge in [-0.1, -0.05) is 0 Å². The maximum atomic E-state index is 7.01. The molecule has 0 fully saturated rings. The van der Waals surface area contributed by atoms with E-state index in [4.69, 9.17) is 33.8 Å². The van der Waals surface area contributed by atoms with E-state index in [1.54, 1.807) is 28.2 Å². The Morgan fingerprint density at radius 3 is 1.11 bits per heavy atom. The van der Waals surface area contributed by atoms with Gasteiger partial charge in [-0.3, -0.25) is 10.8 Å². The number of nitrogens with two attached hydrogens (primary N) is 2. The van der Waals surface area contributed by atoms with Gasteiger partial charge >= 0.3 is 16.5 Å². The Hall–Kier alpha value is -2.03. The molecule has 0 aromatic rings. The summed E-state index contributed by atoms with van der Waals surface area (Å²) >= 11 is 0. The van der Waals surface area contributed by atoms with Crippen LogP contribution in [-0.2, 0) is 16.5 Å². The van der Waals surface area contributed by atoms with Crippen LogP contribution in [0.2, 0.25) is 0 Å². The molecule has 0 saturated heterocycles. The second kappa shape index (κ2) is 11.1. The summed E-state index contributed by atoms with van der Waals surface area (Å²) in [6, 6.07) is 0. The predicted molar refractivity (Wildman–Crippen MR) is 74.7 cm³/mol. The molecule has 0 aromatic heterocycles. The molecule has 0 atom stereocenters. The Morgan fingerprint density at radius 2 is 1.05 bits per heavy atom. The van der Waals surface area contributed by atoms with E-state index in [1.807, 2.05) is 0 Å². The Labute approximate surface area is 122 Å². The number of guanidine groups is 4. The van der Waals surface area contributed by atoms with Crippen LogP contribution < -0.4 is 11.5 Å². The summed E-state index contributed by atoms with van der Waals surface area (Å²) in [5.74, 6) is -0.701. The maximum absolute atomic E-state index is 7.01. The quantitative estimate of drug-likeness (QED) is 0.272. The van der Waals surface area contributed by atoms with Crippen molar-refractivity contribution in [3.63, 3.8) is 0 Å². The third kappa shape index (κ3) is 16.0. The zero-order chi connectivity index (χ0) is 14.9. The van der Waals surface area contributed by atoms with Crippen molar-refractivity contribution in [2.24, 2.45) is 21.5 Å². The molecule has 0 bridgehead atoms. The molecule has 19 heavy (non-hydrogen) atoms. The van der Waals surface area contributed by atoms with Crippen LogP contribution in [0.3, 0.4) is 0 Å². The first-order valence-corrected chi connectivity index (χ1v) is 4.71. The molecule has 0 rings (SSSR count). The van der Waals surface area contributed by atoms with Gasteiger partial charge in [0.1, 0.15) is 11.9 Å². The molecule has 0 aliphatic heterocycles. The van der Waals surface area contributed by atoms with Gasteiger partial charge in [-0.2, -0.15) is 0 Å². The number of hydrogen-bond donors (Lipinski definition) is 4. The van der Waals surface area contributed by atoms with E-state index < -0.39 is 0 Å². The van der Waals surface area contributed by atoms with Gasteiger partial charge in [-0.25, -0.2) is 0 Å². The summed E-state index contributed by atoms with van der Waals surface area (Å²) in [5.41, 5.74) is 23.8. The van der Waals surface area contributed by atoms with Gasteiger partial charge in [-0.15, -0.1) is 0 Å². The molecule has 0 unspecified atom stereocenters. The molecule has 0 radical (unpaired) electrons. The summed E-state index contributed by atoms with van der Waals surface area (Å²) in [4.78, 5) is 9.61. The van der Waals surface area contributed by atoms with Crippen molar-refractivity contribution < 1.29 is 16.5 Å². The normalized spacial score (nSPS) is 10.5. The van der Waals surface area contributed by atoms with E-state index in [-0.39, 0.29) is 40.3 Å². The molecule has 11 heteroatoms. The summed E-state index contributed by atoms with van der Waals surface area (Å²) in [5, 5.41) is 13.3. The van der Waals surface area contributed by atoms with Crippen LogP contribution in [0.15, 0.2) is 9.98 Å². The van der Waals surface area contributed by atoms with Gasteiger partial charge in [0, 0.05) is 11.9 Å². The molecule has 8 N–H and O–H groups in total. The fourth-order valence-electron chi connectivity index (χ4n) is 0.428. The average Bonchev–Trinajstić information content (AvgIpc) is 2.16. The second-order valence-electron chi connectivity index (χ2n) is 3.43. The van der Waals surface area contributed by atoms with E-state index in [0.29, 0.717) is 0 Å². The number of rotatable bonds is 0.